The Hall–Kier alpha value is -0.869. The molecule has 1 nitrogen and oxygen atoms in total. The fourth-order valence-electron chi connectivity index (χ4n) is 3.66. The zero-order chi connectivity index (χ0) is 17.5. The molecule has 2 aliphatic carbocycles. The van der Waals surface area contributed by atoms with Gasteiger partial charge in [0.05, 0.1) is 0 Å². The van der Waals surface area contributed by atoms with E-state index in [9.17, 15) is 0 Å². The molecule has 1 atom stereocenters. The standard InChI is InChI=1S/C12H16NSi.2C5H5.2ClH.Ti/c1-3-10-13(11-4-2)14-12-8-6-5-7-9-12;2*1-2-4-5-3-1;;;/h3-9,14H,1-2,10-11H2;2*1-3H,4H2;2*1H;/q;;;;;+2/p-2. The smallest absolute Gasteiger partial charge is 1.00 e. The van der Waals surface area contributed by atoms with E-state index in [4.69, 9.17) is 0 Å². The Morgan fingerprint density at radius 2 is 1.41 bits per heavy atom. The molecule has 0 aromatic heterocycles. The second-order valence-corrected chi connectivity index (χ2v) is 16.8. The summed E-state index contributed by atoms with van der Waals surface area (Å²) in [6.45, 7) is 8.63. The van der Waals surface area contributed by atoms with Gasteiger partial charge in [0, 0.05) is 0 Å². The monoisotopic (exact) mass is 450 g/mol. The molecule has 0 heterocycles. The van der Waals surface area contributed by atoms with E-state index in [1.165, 1.54) is 0 Å². The summed E-state index contributed by atoms with van der Waals surface area (Å²) in [5, 5.41) is 1.57. The van der Waals surface area contributed by atoms with E-state index >= 15 is 0 Å². The van der Waals surface area contributed by atoms with E-state index in [-0.39, 0.29) is 24.8 Å². The molecule has 1 aromatic rings. The first-order valence-electron chi connectivity index (χ1n) is 8.95. The predicted molar refractivity (Wildman–Crippen MR) is 109 cm³/mol. The second-order valence-electron chi connectivity index (χ2n) is 6.41. The molecule has 0 bridgehead atoms. The van der Waals surface area contributed by atoms with Crippen LogP contribution in [0.1, 0.15) is 12.8 Å². The normalized spacial score (nSPS) is 15.4. The van der Waals surface area contributed by atoms with Crippen molar-refractivity contribution in [2.75, 3.05) is 13.1 Å². The fourth-order valence-corrected chi connectivity index (χ4v) is 19.6. The topological polar surface area (TPSA) is 3.24 Å². The van der Waals surface area contributed by atoms with Crippen LogP contribution in [-0.4, -0.2) is 24.5 Å². The van der Waals surface area contributed by atoms with Gasteiger partial charge in [-0.05, 0) is 0 Å². The molecular formula is C22H26Cl2NSiTi. The van der Waals surface area contributed by atoms with Crippen LogP contribution in [0, 0.1) is 0 Å². The first-order chi connectivity index (χ1) is 12.3. The van der Waals surface area contributed by atoms with Crippen molar-refractivity contribution in [3.05, 3.63) is 99.9 Å². The molecule has 0 N–H and O–H groups in total. The van der Waals surface area contributed by atoms with Crippen LogP contribution in [0.4, 0.5) is 0 Å². The summed E-state index contributed by atoms with van der Waals surface area (Å²) in [6.07, 6.45) is 20.4. The summed E-state index contributed by atoms with van der Waals surface area (Å²) in [7, 11) is 0. The molecule has 0 radical (unpaired) electrons. The Labute approximate surface area is 183 Å². The van der Waals surface area contributed by atoms with Gasteiger partial charge >= 0.3 is 159 Å². The third-order valence-electron chi connectivity index (χ3n) is 4.72. The van der Waals surface area contributed by atoms with Crippen molar-refractivity contribution in [3.8, 4) is 0 Å². The molecular weight excluding hydrogens is 425 g/mol. The molecule has 0 spiro atoms. The quantitative estimate of drug-likeness (QED) is 0.314. The van der Waals surface area contributed by atoms with Crippen molar-refractivity contribution in [2.45, 2.75) is 12.8 Å². The van der Waals surface area contributed by atoms with Crippen LogP contribution in [0.2, 0.25) is 0 Å². The molecule has 0 aliphatic heterocycles. The number of allylic oxidation sites excluding steroid dienone is 8. The van der Waals surface area contributed by atoms with Gasteiger partial charge in [-0.3, -0.25) is 0 Å². The van der Waals surface area contributed by atoms with Crippen LogP contribution in [0.15, 0.2) is 99.9 Å². The zero-order valence-corrected chi connectivity index (χ0v) is 19.8. The average molecular weight is 451 g/mol. The van der Waals surface area contributed by atoms with E-state index in [2.05, 4.69) is 96.7 Å². The molecule has 0 fully saturated rings. The molecule has 141 valence electrons. The van der Waals surface area contributed by atoms with Crippen molar-refractivity contribution in [3.63, 3.8) is 0 Å². The third-order valence-corrected chi connectivity index (χ3v) is 19.6. The summed E-state index contributed by atoms with van der Waals surface area (Å²) in [6, 6.07) is 11.2. The first-order valence-corrected chi connectivity index (χ1v) is 14.9. The summed E-state index contributed by atoms with van der Waals surface area (Å²) < 4.78 is 6.16. The molecule has 1 unspecified atom stereocenters. The van der Waals surface area contributed by atoms with E-state index < -0.39 is 24.0 Å². The van der Waals surface area contributed by atoms with Gasteiger partial charge in [0.2, 0.25) is 0 Å². The number of nitrogens with zero attached hydrogens (tertiary/aromatic N) is 1. The minimum atomic E-state index is -1.59. The minimum Gasteiger partial charge on any atom is -1.00 e. The Kier molecular flexibility index (Phi) is 11.2. The largest absolute Gasteiger partial charge is 1.00 e. The minimum absolute atomic E-state index is 0. The van der Waals surface area contributed by atoms with Crippen LogP contribution in [-0.2, 0) is 17.1 Å². The molecule has 3 rings (SSSR count). The Morgan fingerprint density at radius 1 is 0.889 bits per heavy atom. The number of hydrogen-bond donors (Lipinski definition) is 0. The van der Waals surface area contributed by atoms with E-state index in [0.29, 0.717) is 0 Å². The van der Waals surface area contributed by atoms with Gasteiger partial charge < -0.3 is 24.8 Å². The molecule has 0 saturated heterocycles. The number of halogens is 2. The van der Waals surface area contributed by atoms with Crippen LogP contribution in [0.3, 0.4) is 0 Å². The number of benzene rings is 1. The number of hydrogen-bond acceptors (Lipinski definition) is 1. The summed E-state index contributed by atoms with van der Waals surface area (Å²) in [4.78, 5) is 0. The van der Waals surface area contributed by atoms with Crippen LogP contribution in [0.25, 0.3) is 0 Å². The van der Waals surface area contributed by atoms with E-state index in [1.807, 2.05) is 0 Å². The number of rotatable bonds is 9. The van der Waals surface area contributed by atoms with Crippen LogP contribution < -0.4 is 30.0 Å². The average Bonchev–Trinajstić information content (AvgIpc) is 3.34. The molecule has 5 heteroatoms. The van der Waals surface area contributed by atoms with Crippen LogP contribution >= 0.6 is 0 Å². The first kappa shape index (κ1) is 24.2. The van der Waals surface area contributed by atoms with Gasteiger partial charge in [-0.2, -0.15) is 0 Å². The summed E-state index contributed by atoms with van der Waals surface area (Å²) in [5.41, 5.74) is 0. The molecule has 0 saturated carbocycles. The molecule has 0 amide bonds. The maximum absolute atomic E-state index is 4.02. The van der Waals surface area contributed by atoms with Crippen molar-refractivity contribution in [1.82, 2.24) is 4.57 Å². The van der Waals surface area contributed by atoms with Crippen molar-refractivity contribution < 1.29 is 41.9 Å². The van der Waals surface area contributed by atoms with Crippen LogP contribution in [0.5, 0.6) is 0 Å². The maximum Gasteiger partial charge on any atom is -1.00 e. The van der Waals surface area contributed by atoms with Crippen molar-refractivity contribution in [2.24, 2.45) is 0 Å². The second kappa shape index (κ2) is 12.6. The summed E-state index contributed by atoms with van der Waals surface area (Å²) in [5.74, 6) is 0. The van der Waals surface area contributed by atoms with Gasteiger partial charge in [0.25, 0.3) is 0 Å². The van der Waals surface area contributed by atoms with Gasteiger partial charge in [-0.15, -0.1) is 0 Å². The van der Waals surface area contributed by atoms with Crippen molar-refractivity contribution >= 4 is 12.0 Å². The predicted octanol–water partition coefficient (Wildman–Crippen LogP) is -1.90. The van der Waals surface area contributed by atoms with Gasteiger partial charge in [0.1, 0.15) is 0 Å². The van der Waals surface area contributed by atoms with Gasteiger partial charge in [-0.25, -0.2) is 0 Å². The van der Waals surface area contributed by atoms with Gasteiger partial charge in [0.15, 0.2) is 0 Å². The summed E-state index contributed by atoms with van der Waals surface area (Å²) >= 11 is -1.59. The fraction of sp³-hybridized carbons (Fsp3) is 0.182. The third kappa shape index (κ3) is 6.05. The van der Waals surface area contributed by atoms with Gasteiger partial charge in [-0.1, -0.05) is 0 Å². The maximum atomic E-state index is 4.02. The van der Waals surface area contributed by atoms with E-state index in [1.54, 1.807) is 12.9 Å². The molecule has 2 aliphatic rings. The SMILES string of the molecule is C=CCN(CC=C)[SiH](c1ccccc1)[Ti+2]([C]1=CC=CC1)[C]1=CC=CC1.[Cl-].[Cl-]. The molecule has 1 aromatic carbocycles. The Bertz CT molecular complexity index is 700. The molecule has 27 heavy (non-hydrogen) atoms. The Morgan fingerprint density at radius 3 is 1.81 bits per heavy atom. The zero-order valence-electron chi connectivity index (χ0n) is 15.5. The van der Waals surface area contributed by atoms with E-state index in [0.717, 1.165) is 25.9 Å². The Balaban J connectivity index is 0.00000182. The van der Waals surface area contributed by atoms with Crippen molar-refractivity contribution in [1.29, 1.82) is 0 Å².